The molecule has 4 nitrogen and oxygen atoms in total. The van der Waals surface area contributed by atoms with Gasteiger partial charge in [0.2, 0.25) is 0 Å². The number of nitriles is 1. The number of nitrogens with one attached hydrogen (secondary N) is 1. The van der Waals surface area contributed by atoms with Crippen LogP contribution in [0.4, 0.5) is 0 Å². The van der Waals surface area contributed by atoms with Crippen LogP contribution in [0.25, 0.3) is 0 Å². The summed E-state index contributed by atoms with van der Waals surface area (Å²) in [5.41, 5.74) is 1.53. The highest BCUT2D eigenvalue weighted by molar-refractivity contribution is 9.10. The molecule has 0 aliphatic rings. The van der Waals surface area contributed by atoms with Crippen LogP contribution in [0.3, 0.4) is 0 Å². The zero-order chi connectivity index (χ0) is 16.8. The summed E-state index contributed by atoms with van der Waals surface area (Å²) in [4.78, 5) is 12.2. The number of benzene rings is 2. The van der Waals surface area contributed by atoms with Gasteiger partial charge in [0, 0.05) is 4.47 Å². The van der Waals surface area contributed by atoms with Crippen LogP contribution in [0.15, 0.2) is 53.0 Å². The van der Waals surface area contributed by atoms with Gasteiger partial charge >= 0.3 is 0 Å². The number of carbonyl (C=O) groups excluding carboxylic acids is 1. The zero-order valence-corrected chi connectivity index (χ0v) is 14.5. The van der Waals surface area contributed by atoms with Crippen molar-refractivity contribution in [1.82, 2.24) is 5.32 Å². The zero-order valence-electron chi connectivity index (χ0n) is 12.9. The van der Waals surface area contributed by atoms with Gasteiger partial charge in [-0.15, -0.1) is 0 Å². The smallest absolute Gasteiger partial charge is 0.261 e. The highest BCUT2D eigenvalue weighted by Gasteiger charge is 2.17. The molecule has 2 rings (SSSR count). The van der Waals surface area contributed by atoms with Gasteiger partial charge in [-0.05, 0) is 55.8 Å². The average Bonchev–Trinajstić information content (AvgIpc) is 2.56. The SMILES string of the molecule is CC(Oc1ccc(Br)cc1)C(=O)NC(C)c1ccc(C#N)cc1. The molecule has 2 aromatic carbocycles. The Bertz CT molecular complexity index is 705. The number of carbonyl (C=O) groups is 1. The maximum absolute atomic E-state index is 12.2. The third kappa shape index (κ3) is 4.83. The summed E-state index contributed by atoms with van der Waals surface area (Å²) in [7, 11) is 0. The van der Waals surface area contributed by atoms with Crippen LogP contribution in [0.2, 0.25) is 0 Å². The van der Waals surface area contributed by atoms with Crippen molar-refractivity contribution in [2.45, 2.75) is 26.0 Å². The van der Waals surface area contributed by atoms with Crippen molar-refractivity contribution in [1.29, 1.82) is 5.26 Å². The topological polar surface area (TPSA) is 62.1 Å². The Hall–Kier alpha value is -2.32. The van der Waals surface area contributed by atoms with Gasteiger partial charge in [-0.3, -0.25) is 4.79 Å². The normalized spacial score (nSPS) is 12.8. The molecule has 0 fully saturated rings. The predicted octanol–water partition coefficient (Wildman–Crippen LogP) is 3.97. The second-order valence-corrected chi connectivity index (χ2v) is 6.09. The van der Waals surface area contributed by atoms with Crippen molar-refractivity contribution in [2.75, 3.05) is 0 Å². The number of ether oxygens (including phenoxy) is 1. The minimum absolute atomic E-state index is 0.161. The van der Waals surface area contributed by atoms with Gasteiger partial charge in [0.1, 0.15) is 5.75 Å². The van der Waals surface area contributed by atoms with Crippen molar-refractivity contribution < 1.29 is 9.53 Å². The molecule has 0 spiro atoms. The Kier molecular flexibility index (Phi) is 5.78. The van der Waals surface area contributed by atoms with Crippen molar-refractivity contribution in [2.24, 2.45) is 0 Å². The van der Waals surface area contributed by atoms with E-state index in [1.54, 1.807) is 31.2 Å². The fraction of sp³-hybridized carbons (Fsp3) is 0.222. The van der Waals surface area contributed by atoms with E-state index in [2.05, 4.69) is 27.3 Å². The summed E-state index contributed by atoms with van der Waals surface area (Å²) in [5.74, 6) is 0.451. The molecule has 1 N–H and O–H groups in total. The fourth-order valence-electron chi connectivity index (χ4n) is 2.03. The average molecular weight is 373 g/mol. The van der Waals surface area contributed by atoms with Crippen molar-refractivity contribution in [3.05, 3.63) is 64.1 Å². The summed E-state index contributed by atoms with van der Waals surface area (Å²) in [5, 5.41) is 11.7. The van der Waals surface area contributed by atoms with E-state index in [4.69, 9.17) is 10.00 Å². The lowest BCUT2D eigenvalue weighted by Crippen LogP contribution is -2.37. The number of hydrogen-bond donors (Lipinski definition) is 1. The Morgan fingerprint density at radius 2 is 1.74 bits per heavy atom. The number of hydrogen-bond acceptors (Lipinski definition) is 3. The molecule has 23 heavy (non-hydrogen) atoms. The second kappa shape index (κ2) is 7.80. The summed E-state index contributed by atoms with van der Waals surface area (Å²) in [6, 6.07) is 16.4. The molecular formula is C18H17BrN2O2. The van der Waals surface area contributed by atoms with Gasteiger partial charge in [0.25, 0.3) is 5.91 Å². The van der Waals surface area contributed by atoms with E-state index in [9.17, 15) is 4.79 Å². The Balaban J connectivity index is 1.94. The van der Waals surface area contributed by atoms with Crippen LogP contribution in [0.5, 0.6) is 5.75 Å². The van der Waals surface area contributed by atoms with E-state index in [0.29, 0.717) is 11.3 Å². The lowest BCUT2D eigenvalue weighted by molar-refractivity contribution is -0.127. The van der Waals surface area contributed by atoms with Crippen LogP contribution < -0.4 is 10.1 Å². The maximum atomic E-state index is 12.2. The van der Waals surface area contributed by atoms with Crippen LogP contribution in [0, 0.1) is 11.3 Å². The highest BCUT2D eigenvalue weighted by atomic mass is 79.9. The molecule has 0 aliphatic heterocycles. The molecule has 0 aromatic heterocycles. The largest absolute Gasteiger partial charge is 0.481 e. The molecule has 2 aromatic rings. The molecule has 0 saturated carbocycles. The van der Waals surface area contributed by atoms with Crippen molar-refractivity contribution in [3.8, 4) is 11.8 Å². The first-order valence-corrected chi connectivity index (χ1v) is 8.01. The Morgan fingerprint density at radius 3 is 2.30 bits per heavy atom. The van der Waals surface area contributed by atoms with E-state index in [1.165, 1.54) is 0 Å². The quantitative estimate of drug-likeness (QED) is 0.863. The minimum atomic E-state index is -0.600. The van der Waals surface area contributed by atoms with Crippen LogP contribution in [-0.4, -0.2) is 12.0 Å². The van der Waals surface area contributed by atoms with E-state index in [1.807, 2.05) is 31.2 Å². The number of halogens is 1. The number of amides is 1. The summed E-state index contributed by atoms with van der Waals surface area (Å²) in [6.07, 6.45) is -0.600. The Morgan fingerprint density at radius 1 is 1.13 bits per heavy atom. The van der Waals surface area contributed by atoms with Gasteiger partial charge < -0.3 is 10.1 Å². The molecule has 1 amide bonds. The van der Waals surface area contributed by atoms with Crippen LogP contribution in [0.1, 0.15) is 31.0 Å². The van der Waals surface area contributed by atoms with E-state index >= 15 is 0 Å². The molecule has 5 heteroatoms. The van der Waals surface area contributed by atoms with Gasteiger partial charge in [0.05, 0.1) is 17.7 Å². The van der Waals surface area contributed by atoms with Crippen LogP contribution >= 0.6 is 15.9 Å². The van der Waals surface area contributed by atoms with Gasteiger partial charge in [-0.1, -0.05) is 28.1 Å². The summed E-state index contributed by atoms with van der Waals surface area (Å²) < 4.78 is 6.58. The van der Waals surface area contributed by atoms with E-state index < -0.39 is 6.10 Å². The first-order valence-electron chi connectivity index (χ1n) is 7.22. The monoisotopic (exact) mass is 372 g/mol. The third-order valence-corrected chi connectivity index (χ3v) is 3.92. The molecular weight excluding hydrogens is 356 g/mol. The lowest BCUT2D eigenvalue weighted by atomic mass is 10.1. The molecule has 118 valence electrons. The highest BCUT2D eigenvalue weighted by Crippen LogP contribution is 2.18. The van der Waals surface area contributed by atoms with E-state index in [-0.39, 0.29) is 11.9 Å². The molecule has 0 bridgehead atoms. The fourth-order valence-corrected chi connectivity index (χ4v) is 2.30. The third-order valence-electron chi connectivity index (χ3n) is 3.39. The van der Waals surface area contributed by atoms with Crippen molar-refractivity contribution >= 4 is 21.8 Å². The van der Waals surface area contributed by atoms with Gasteiger partial charge in [0.15, 0.2) is 6.10 Å². The molecule has 0 radical (unpaired) electrons. The van der Waals surface area contributed by atoms with E-state index in [0.717, 1.165) is 10.0 Å². The Labute approximate surface area is 144 Å². The summed E-state index contributed by atoms with van der Waals surface area (Å²) >= 11 is 3.35. The van der Waals surface area contributed by atoms with Gasteiger partial charge in [-0.2, -0.15) is 5.26 Å². The first kappa shape index (κ1) is 17.0. The van der Waals surface area contributed by atoms with Crippen molar-refractivity contribution in [3.63, 3.8) is 0 Å². The van der Waals surface area contributed by atoms with Crippen LogP contribution in [-0.2, 0) is 4.79 Å². The standard InChI is InChI=1S/C18H17BrN2O2/c1-12(15-5-3-14(11-20)4-6-15)21-18(22)13(2)23-17-9-7-16(19)8-10-17/h3-10,12-13H,1-2H3,(H,21,22). The molecule has 0 saturated heterocycles. The lowest BCUT2D eigenvalue weighted by Gasteiger charge is -2.19. The number of nitrogens with zero attached hydrogens (tertiary/aromatic N) is 1. The molecule has 0 aliphatic carbocycles. The van der Waals surface area contributed by atoms with Gasteiger partial charge in [-0.25, -0.2) is 0 Å². The minimum Gasteiger partial charge on any atom is -0.481 e. The molecule has 2 unspecified atom stereocenters. The summed E-state index contributed by atoms with van der Waals surface area (Å²) in [6.45, 7) is 3.61. The molecule has 0 heterocycles. The predicted molar refractivity (Wildman–Crippen MR) is 91.9 cm³/mol. The first-order chi connectivity index (χ1) is 11.0. The maximum Gasteiger partial charge on any atom is 0.261 e. The second-order valence-electron chi connectivity index (χ2n) is 5.18. The molecule has 2 atom stereocenters. The number of rotatable bonds is 5.